The molecule has 0 amide bonds. The van der Waals surface area contributed by atoms with E-state index >= 15 is 0 Å². The van der Waals surface area contributed by atoms with Crippen molar-refractivity contribution >= 4 is 5.78 Å². The van der Waals surface area contributed by atoms with E-state index in [1.807, 2.05) is 19.3 Å². The molecule has 1 heterocycles. The van der Waals surface area contributed by atoms with Crippen molar-refractivity contribution in [1.29, 1.82) is 0 Å². The minimum absolute atomic E-state index is 0.278. The van der Waals surface area contributed by atoms with E-state index in [1.165, 1.54) is 43.4 Å². The summed E-state index contributed by atoms with van der Waals surface area (Å²) in [5.74, 6) is 4.11. The van der Waals surface area contributed by atoms with Crippen LogP contribution in [-0.4, -0.2) is 10.8 Å². The quantitative estimate of drug-likeness (QED) is 0.660. The maximum absolute atomic E-state index is 12.0. The zero-order chi connectivity index (χ0) is 18.1. The molecule has 1 aromatic heterocycles. The van der Waals surface area contributed by atoms with Gasteiger partial charge in [-0.25, -0.2) is 4.98 Å². The summed E-state index contributed by atoms with van der Waals surface area (Å²) in [5.41, 5.74) is 3.31. The fraction of sp³-hybridized carbons (Fsp3) is 0.739. The SMILES string of the molecule is Cc1nc([C@@H]2CC[C@H]3[C@@H]4CCC5=CC(=O)CC[C@]5(C)[C@H]4CC[C@]23C)co1. The number of carbonyl (C=O) groups is 1. The number of ketones is 1. The fourth-order valence-corrected chi connectivity index (χ4v) is 7.59. The summed E-state index contributed by atoms with van der Waals surface area (Å²) in [7, 11) is 0. The van der Waals surface area contributed by atoms with Crippen molar-refractivity contribution in [2.24, 2.45) is 28.6 Å². The number of rotatable bonds is 1. The molecule has 1 aromatic rings. The van der Waals surface area contributed by atoms with Gasteiger partial charge in [-0.1, -0.05) is 19.4 Å². The number of fused-ring (bicyclic) bond motifs is 5. The lowest BCUT2D eigenvalue weighted by Crippen LogP contribution is -2.50. The molecular weight excluding hydrogens is 322 g/mol. The third-order valence-corrected chi connectivity index (χ3v) is 8.96. The third kappa shape index (κ3) is 2.18. The molecule has 0 bridgehead atoms. The Labute approximate surface area is 156 Å². The molecule has 0 spiro atoms. The summed E-state index contributed by atoms with van der Waals surface area (Å²) in [4.78, 5) is 16.7. The first-order chi connectivity index (χ1) is 12.4. The second-order valence-electron chi connectivity index (χ2n) is 9.93. The Morgan fingerprint density at radius 2 is 1.92 bits per heavy atom. The van der Waals surface area contributed by atoms with Crippen LogP contribution in [-0.2, 0) is 4.79 Å². The van der Waals surface area contributed by atoms with Crippen LogP contribution in [0.4, 0.5) is 0 Å². The van der Waals surface area contributed by atoms with Gasteiger partial charge in [-0.05, 0) is 79.6 Å². The highest BCUT2D eigenvalue weighted by molar-refractivity contribution is 5.91. The number of aromatic nitrogens is 1. The second-order valence-corrected chi connectivity index (χ2v) is 9.93. The van der Waals surface area contributed by atoms with Crippen molar-refractivity contribution in [1.82, 2.24) is 4.98 Å². The fourth-order valence-electron chi connectivity index (χ4n) is 7.59. The molecule has 5 rings (SSSR count). The molecule has 3 heteroatoms. The standard InChI is InChI=1S/C23H31NO2/c1-14-24-21(13-26-14)20-7-6-18-17-5-4-15-12-16(25)8-10-22(15,2)19(17)9-11-23(18,20)3/h12-13,17-20H,4-11H2,1-3H3/t17-,18-,19-,20-,22-,23-/m0/s1. The Hall–Kier alpha value is -1.38. The summed E-state index contributed by atoms with van der Waals surface area (Å²) < 4.78 is 5.55. The van der Waals surface area contributed by atoms with Crippen molar-refractivity contribution in [3.05, 3.63) is 29.5 Å². The molecule has 140 valence electrons. The monoisotopic (exact) mass is 353 g/mol. The second kappa shape index (κ2) is 5.56. The molecule has 0 N–H and O–H groups in total. The van der Waals surface area contributed by atoms with E-state index in [2.05, 4.69) is 13.8 Å². The van der Waals surface area contributed by atoms with Crippen molar-refractivity contribution < 1.29 is 9.21 Å². The molecule has 3 nitrogen and oxygen atoms in total. The average molecular weight is 354 g/mol. The van der Waals surface area contributed by atoms with E-state index in [-0.39, 0.29) is 5.41 Å². The van der Waals surface area contributed by atoms with Gasteiger partial charge in [-0.2, -0.15) is 0 Å². The Bertz CT molecular complexity index is 777. The van der Waals surface area contributed by atoms with Gasteiger partial charge in [0.05, 0.1) is 5.69 Å². The smallest absolute Gasteiger partial charge is 0.191 e. The first-order valence-corrected chi connectivity index (χ1v) is 10.6. The zero-order valence-corrected chi connectivity index (χ0v) is 16.4. The lowest BCUT2D eigenvalue weighted by molar-refractivity contribution is -0.117. The lowest BCUT2D eigenvalue weighted by atomic mass is 9.47. The summed E-state index contributed by atoms with van der Waals surface area (Å²) in [5, 5.41) is 0. The average Bonchev–Trinajstić information content (AvgIpc) is 3.18. The first-order valence-electron chi connectivity index (χ1n) is 10.6. The van der Waals surface area contributed by atoms with Crippen molar-refractivity contribution in [3.8, 4) is 0 Å². The minimum atomic E-state index is 0.278. The molecule has 4 aliphatic rings. The summed E-state index contributed by atoms with van der Waals surface area (Å²) >= 11 is 0. The molecule has 0 saturated heterocycles. The van der Waals surface area contributed by atoms with Crippen molar-refractivity contribution in [2.45, 2.75) is 78.1 Å². The molecule has 26 heavy (non-hydrogen) atoms. The number of allylic oxidation sites excluding steroid dienone is 1. The highest BCUT2D eigenvalue weighted by atomic mass is 16.3. The zero-order valence-electron chi connectivity index (χ0n) is 16.4. The van der Waals surface area contributed by atoms with Gasteiger partial charge in [0.15, 0.2) is 11.7 Å². The number of hydrogen-bond acceptors (Lipinski definition) is 3. The summed E-state index contributed by atoms with van der Waals surface area (Å²) in [6.45, 7) is 6.96. The van der Waals surface area contributed by atoms with Gasteiger partial charge in [0.25, 0.3) is 0 Å². The van der Waals surface area contributed by atoms with Crippen LogP contribution < -0.4 is 0 Å². The normalized spacial score (nSPS) is 44.9. The molecular formula is C23H31NO2. The Balaban J connectivity index is 1.47. The van der Waals surface area contributed by atoms with Gasteiger partial charge < -0.3 is 4.42 Å². The van der Waals surface area contributed by atoms with E-state index in [9.17, 15) is 4.79 Å². The molecule has 3 saturated carbocycles. The van der Waals surface area contributed by atoms with E-state index in [0.717, 1.165) is 42.9 Å². The number of nitrogens with zero attached hydrogens (tertiary/aromatic N) is 1. The van der Waals surface area contributed by atoms with Gasteiger partial charge in [0.1, 0.15) is 6.26 Å². The number of carbonyl (C=O) groups excluding carboxylic acids is 1. The number of aryl methyl sites for hydroxylation is 1. The molecule has 0 aromatic carbocycles. The Morgan fingerprint density at radius 1 is 1.08 bits per heavy atom. The Morgan fingerprint density at radius 3 is 2.69 bits per heavy atom. The van der Waals surface area contributed by atoms with E-state index < -0.39 is 0 Å². The highest BCUT2D eigenvalue weighted by Crippen LogP contribution is 2.68. The molecule has 4 aliphatic carbocycles. The van der Waals surface area contributed by atoms with E-state index in [4.69, 9.17) is 9.40 Å². The van der Waals surface area contributed by atoms with Crippen LogP contribution in [0.5, 0.6) is 0 Å². The van der Waals surface area contributed by atoms with Gasteiger partial charge in [-0.3, -0.25) is 4.79 Å². The highest BCUT2D eigenvalue weighted by Gasteiger charge is 2.59. The topological polar surface area (TPSA) is 43.1 Å². The first kappa shape index (κ1) is 16.8. The van der Waals surface area contributed by atoms with Crippen LogP contribution in [0.3, 0.4) is 0 Å². The van der Waals surface area contributed by atoms with Crippen LogP contribution >= 0.6 is 0 Å². The van der Waals surface area contributed by atoms with Crippen LogP contribution in [0.1, 0.15) is 82.7 Å². The van der Waals surface area contributed by atoms with Gasteiger partial charge in [0, 0.05) is 19.3 Å². The Kier molecular flexibility index (Phi) is 3.59. The van der Waals surface area contributed by atoms with Crippen molar-refractivity contribution in [2.75, 3.05) is 0 Å². The van der Waals surface area contributed by atoms with Gasteiger partial charge in [0.2, 0.25) is 0 Å². The molecule has 0 aliphatic heterocycles. The van der Waals surface area contributed by atoms with Crippen LogP contribution in [0.2, 0.25) is 0 Å². The summed E-state index contributed by atoms with van der Waals surface area (Å²) in [6.07, 6.45) is 13.4. The number of hydrogen-bond donors (Lipinski definition) is 0. The van der Waals surface area contributed by atoms with Crippen LogP contribution in [0, 0.1) is 35.5 Å². The van der Waals surface area contributed by atoms with Crippen molar-refractivity contribution in [3.63, 3.8) is 0 Å². The van der Waals surface area contributed by atoms with Gasteiger partial charge >= 0.3 is 0 Å². The third-order valence-electron chi connectivity index (χ3n) is 8.96. The maximum Gasteiger partial charge on any atom is 0.191 e. The molecule has 0 radical (unpaired) electrons. The van der Waals surface area contributed by atoms with Crippen LogP contribution in [0.25, 0.3) is 0 Å². The van der Waals surface area contributed by atoms with E-state index in [1.54, 1.807) is 0 Å². The van der Waals surface area contributed by atoms with Gasteiger partial charge in [-0.15, -0.1) is 0 Å². The molecule has 0 unspecified atom stereocenters. The van der Waals surface area contributed by atoms with Crippen LogP contribution in [0.15, 0.2) is 22.3 Å². The lowest BCUT2D eigenvalue weighted by Gasteiger charge is -2.58. The minimum Gasteiger partial charge on any atom is -0.449 e. The van der Waals surface area contributed by atoms with E-state index in [0.29, 0.717) is 17.1 Å². The predicted octanol–water partition coefficient (Wildman–Crippen LogP) is 5.60. The number of oxazole rings is 1. The molecule has 3 fully saturated rings. The molecule has 6 atom stereocenters. The predicted molar refractivity (Wildman–Crippen MR) is 101 cm³/mol. The summed E-state index contributed by atoms with van der Waals surface area (Å²) in [6, 6.07) is 0. The largest absolute Gasteiger partial charge is 0.449 e. The maximum atomic E-state index is 12.0.